The van der Waals surface area contributed by atoms with E-state index in [9.17, 15) is 19.2 Å². The topological polar surface area (TPSA) is 130 Å². The zero-order valence-electron chi connectivity index (χ0n) is 18.3. The van der Waals surface area contributed by atoms with E-state index in [1.54, 1.807) is 41.6 Å². The summed E-state index contributed by atoms with van der Waals surface area (Å²) in [5, 5.41) is 8.97. The minimum atomic E-state index is -0.935. The summed E-state index contributed by atoms with van der Waals surface area (Å²) in [6, 6.07) is 5.57. The largest absolute Gasteiger partial charge is 0.480 e. The highest BCUT2D eigenvalue weighted by Gasteiger charge is 2.35. The Bertz CT molecular complexity index is 985. The molecule has 2 aliphatic heterocycles. The van der Waals surface area contributed by atoms with Crippen LogP contribution in [0.25, 0.3) is 0 Å². The molecule has 33 heavy (non-hydrogen) atoms. The summed E-state index contributed by atoms with van der Waals surface area (Å²) in [6.45, 7) is 1.10. The Morgan fingerprint density at radius 2 is 1.36 bits per heavy atom. The van der Waals surface area contributed by atoms with Crippen molar-refractivity contribution in [3.8, 4) is 0 Å². The minimum absolute atomic E-state index is 0.161. The van der Waals surface area contributed by atoms with Gasteiger partial charge in [0.1, 0.15) is 12.1 Å². The number of pyridine rings is 2. The molecule has 2 saturated heterocycles. The maximum atomic E-state index is 12.2. The summed E-state index contributed by atoms with van der Waals surface area (Å²) in [4.78, 5) is 57.3. The van der Waals surface area contributed by atoms with Crippen LogP contribution in [0.3, 0.4) is 0 Å². The third-order valence-corrected chi connectivity index (χ3v) is 5.60. The Labute approximate surface area is 191 Å². The lowest BCUT2D eigenvalue weighted by Crippen LogP contribution is -2.41. The maximum Gasteiger partial charge on any atom is 0.328 e. The van der Waals surface area contributed by atoms with Crippen molar-refractivity contribution >= 4 is 23.8 Å². The van der Waals surface area contributed by atoms with Gasteiger partial charge in [0.2, 0.25) is 0 Å². The fourth-order valence-electron chi connectivity index (χ4n) is 3.97. The Morgan fingerprint density at radius 1 is 0.879 bits per heavy atom. The van der Waals surface area contributed by atoms with Crippen molar-refractivity contribution in [3.63, 3.8) is 0 Å². The van der Waals surface area contributed by atoms with Crippen LogP contribution in [0.1, 0.15) is 46.4 Å². The molecule has 2 aromatic heterocycles. The van der Waals surface area contributed by atoms with Crippen LogP contribution in [-0.2, 0) is 14.3 Å². The first-order chi connectivity index (χ1) is 15.9. The van der Waals surface area contributed by atoms with Crippen molar-refractivity contribution in [2.75, 3.05) is 20.2 Å². The maximum absolute atomic E-state index is 12.2. The molecule has 2 fully saturated rings. The van der Waals surface area contributed by atoms with Gasteiger partial charge >= 0.3 is 11.9 Å². The molecule has 0 bridgehead atoms. The fourth-order valence-corrected chi connectivity index (χ4v) is 3.97. The average molecular weight is 454 g/mol. The number of aliphatic carboxylic acids is 1. The molecule has 2 aliphatic rings. The summed E-state index contributed by atoms with van der Waals surface area (Å²) in [5.41, 5.74) is 0.943. The summed E-state index contributed by atoms with van der Waals surface area (Å²) in [7, 11) is 1.34. The van der Waals surface area contributed by atoms with Crippen LogP contribution < -0.4 is 0 Å². The molecule has 0 spiro atoms. The second-order valence-corrected chi connectivity index (χ2v) is 7.66. The lowest BCUT2D eigenvalue weighted by atomic mass is 10.2. The van der Waals surface area contributed by atoms with E-state index in [4.69, 9.17) is 9.84 Å². The lowest BCUT2D eigenvalue weighted by molar-refractivity contribution is -0.145. The second kappa shape index (κ2) is 11.2. The molecule has 174 valence electrons. The van der Waals surface area contributed by atoms with Crippen LogP contribution in [0.5, 0.6) is 0 Å². The van der Waals surface area contributed by atoms with Crippen molar-refractivity contribution < 1.29 is 29.0 Å². The Morgan fingerprint density at radius 3 is 1.79 bits per heavy atom. The van der Waals surface area contributed by atoms with Crippen LogP contribution in [0.4, 0.5) is 0 Å². The average Bonchev–Trinajstić information content (AvgIpc) is 3.54. The minimum Gasteiger partial charge on any atom is -0.480 e. The van der Waals surface area contributed by atoms with Crippen molar-refractivity contribution in [1.29, 1.82) is 0 Å². The molecular weight excluding hydrogens is 428 g/mol. The molecular formula is C23H26N4O6. The number of carboxylic acids is 1. The molecule has 0 radical (unpaired) electrons. The number of ether oxygens (including phenoxy) is 1. The zero-order valence-corrected chi connectivity index (χ0v) is 18.3. The van der Waals surface area contributed by atoms with E-state index in [1.807, 2.05) is 0 Å². The van der Waals surface area contributed by atoms with Gasteiger partial charge in [-0.25, -0.2) is 9.59 Å². The van der Waals surface area contributed by atoms with Gasteiger partial charge in [0.05, 0.1) is 18.2 Å². The molecule has 0 aliphatic carbocycles. The van der Waals surface area contributed by atoms with Gasteiger partial charge in [0.25, 0.3) is 11.8 Å². The molecule has 10 heteroatoms. The first-order valence-corrected chi connectivity index (χ1v) is 10.7. The smallest absolute Gasteiger partial charge is 0.328 e. The van der Waals surface area contributed by atoms with Crippen LogP contribution in [-0.4, -0.2) is 80.9 Å². The lowest BCUT2D eigenvalue weighted by Gasteiger charge is -2.22. The molecule has 4 rings (SSSR count). The monoisotopic (exact) mass is 454 g/mol. The normalized spacial score (nSPS) is 19.4. The number of likely N-dealkylation sites (tertiary alicyclic amines) is 2. The Hall–Kier alpha value is -3.82. The molecule has 4 heterocycles. The number of carbonyl (C=O) groups excluding carboxylic acids is 3. The summed E-state index contributed by atoms with van der Waals surface area (Å²) in [6.07, 6.45) is 8.91. The summed E-state index contributed by atoms with van der Waals surface area (Å²) < 4.78 is 4.70. The van der Waals surface area contributed by atoms with Crippen molar-refractivity contribution in [1.82, 2.24) is 19.8 Å². The number of nitrogens with zero attached hydrogens (tertiary/aromatic N) is 4. The van der Waals surface area contributed by atoms with Crippen molar-refractivity contribution in [2.24, 2.45) is 0 Å². The number of carbonyl (C=O) groups is 4. The number of hydrogen-bond acceptors (Lipinski definition) is 7. The number of aromatic nitrogens is 2. The number of hydrogen-bond donors (Lipinski definition) is 1. The number of rotatable bonds is 4. The van der Waals surface area contributed by atoms with Gasteiger partial charge in [-0.15, -0.1) is 0 Å². The van der Waals surface area contributed by atoms with Gasteiger partial charge in [-0.05, 0) is 49.9 Å². The number of carboxylic acid groups (broad SMARTS) is 1. The van der Waals surface area contributed by atoms with E-state index in [1.165, 1.54) is 24.4 Å². The van der Waals surface area contributed by atoms with Crippen LogP contribution in [0.15, 0.2) is 49.1 Å². The zero-order chi connectivity index (χ0) is 23.8. The van der Waals surface area contributed by atoms with Crippen molar-refractivity contribution in [2.45, 2.75) is 37.8 Å². The Balaban J connectivity index is 0.000000186. The van der Waals surface area contributed by atoms with Gasteiger partial charge in [-0.1, -0.05) is 0 Å². The molecule has 2 unspecified atom stereocenters. The molecule has 10 nitrogen and oxygen atoms in total. The summed E-state index contributed by atoms with van der Waals surface area (Å²) >= 11 is 0. The molecule has 1 N–H and O–H groups in total. The van der Waals surface area contributed by atoms with E-state index in [0.717, 1.165) is 12.8 Å². The molecule has 0 aromatic carbocycles. The first-order valence-electron chi connectivity index (χ1n) is 10.7. The van der Waals surface area contributed by atoms with Gasteiger partial charge < -0.3 is 19.6 Å². The third kappa shape index (κ3) is 5.71. The predicted octanol–water partition coefficient (Wildman–Crippen LogP) is 1.63. The number of methoxy groups -OCH3 is 1. The highest BCUT2D eigenvalue weighted by atomic mass is 16.5. The highest BCUT2D eigenvalue weighted by Crippen LogP contribution is 2.21. The van der Waals surface area contributed by atoms with Crippen LogP contribution >= 0.6 is 0 Å². The first kappa shape index (κ1) is 23.8. The van der Waals surface area contributed by atoms with E-state index >= 15 is 0 Å². The van der Waals surface area contributed by atoms with Gasteiger partial charge in [-0.3, -0.25) is 19.6 Å². The quantitative estimate of drug-likeness (QED) is 0.690. The molecule has 0 saturated carbocycles. The Kier molecular flexibility index (Phi) is 8.06. The van der Waals surface area contributed by atoms with Gasteiger partial charge in [0.15, 0.2) is 0 Å². The summed E-state index contributed by atoms with van der Waals surface area (Å²) in [5.74, 6) is -1.70. The van der Waals surface area contributed by atoms with E-state index in [-0.39, 0.29) is 17.8 Å². The highest BCUT2D eigenvalue weighted by molar-refractivity contribution is 5.97. The fraction of sp³-hybridized carbons (Fsp3) is 0.391. The standard InChI is InChI=1S/C12H14N2O3.C11H12N2O3/c1-17-12(16)10-5-3-7-14(10)11(15)9-4-2-6-13-8-9;14-10(8-3-1-5-12-7-8)13-6-2-4-9(13)11(15)16/h2,4,6,8,10H,3,5,7H2,1H3;1,3,5,7,9H,2,4,6H2,(H,15,16). The van der Waals surface area contributed by atoms with E-state index < -0.39 is 18.1 Å². The number of esters is 1. The molecule has 2 aromatic rings. The van der Waals surface area contributed by atoms with Crippen molar-refractivity contribution in [3.05, 3.63) is 60.2 Å². The predicted molar refractivity (Wildman–Crippen MR) is 116 cm³/mol. The molecule has 2 atom stereocenters. The number of amides is 2. The van der Waals surface area contributed by atoms with E-state index in [0.29, 0.717) is 37.1 Å². The van der Waals surface area contributed by atoms with Gasteiger partial charge in [-0.2, -0.15) is 0 Å². The third-order valence-electron chi connectivity index (χ3n) is 5.60. The van der Waals surface area contributed by atoms with Crippen LogP contribution in [0, 0.1) is 0 Å². The van der Waals surface area contributed by atoms with Gasteiger partial charge in [0, 0.05) is 37.9 Å². The SMILES string of the molecule is COC(=O)C1CCCN1C(=O)c1cccnc1.O=C(O)C1CCCN1C(=O)c1cccnc1. The van der Waals surface area contributed by atoms with E-state index in [2.05, 4.69) is 9.97 Å². The second-order valence-electron chi connectivity index (χ2n) is 7.66. The molecule has 2 amide bonds. The van der Waals surface area contributed by atoms with Crippen LogP contribution in [0.2, 0.25) is 0 Å².